The lowest BCUT2D eigenvalue weighted by molar-refractivity contribution is 0.0931. The zero-order valence-electron chi connectivity index (χ0n) is 10.4. The Balaban J connectivity index is 2.16. The highest BCUT2D eigenvalue weighted by molar-refractivity contribution is 7.98. The highest BCUT2D eigenvalue weighted by Crippen LogP contribution is 2.17. The standard InChI is InChI=1S/C12H25NO2S/c1-10(8-12-4-3-6-15-12)13-11(9-14)5-7-16-2/h10-14H,3-9H2,1-2H3. The van der Waals surface area contributed by atoms with Crippen molar-refractivity contribution in [1.82, 2.24) is 5.32 Å². The quantitative estimate of drug-likeness (QED) is 0.684. The second-order valence-electron chi connectivity index (χ2n) is 4.60. The lowest BCUT2D eigenvalue weighted by atomic mass is 10.1. The summed E-state index contributed by atoms with van der Waals surface area (Å²) in [6.07, 6.45) is 7.03. The Labute approximate surface area is 103 Å². The molecule has 3 nitrogen and oxygen atoms in total. The van der Waals surface area contributed by atoms with Crippen LogP contribution in [-0.2, 0) is 4.74 Å². The van der Waals surface area contributed by atoms with E-state index in [4.69, 9.17) is 4.74 Å². The van der Waals surface area contributed by atoms with Crippen LogP contribution in [0.5, 0.6) is 0 Å². The summed E-state index contributed by atoms with van der Waals surface area (Å²) in [5.74, 6) is 1.10. The summed E-state index contributed by atoms with van der Waals surface area (Å²) in [5, 5.41) is 12.7. The Kier molecular flexibility index (Phi) is 7.45. The molecule has 0 aromatic heterocycles. The fraction of sp³-hybridized carbons (Fsp3) is 1.00. The molecule has 4 heteroatoms. The van der Waals surface area contributed by atoms with Crippen LogP contribution in [0.15, 0.2) is 0 Å². The van der Waals surface area contributed by atoms with Gasteiger partial charge in [0, 0.05) is 18.7 Å². The molecule has 0 amide bonds. The second-order valence-corrected chi connectivity index (χ2v) is 5.59. The fourth-order valence-corrected chi connectivity index (χ4v) is 2.70. The van der Waals surface area contributed by atoms with Crippen LogP contribution < -0.4 is 5.32 Å². The Hall–Kier alpha value is 0.230. The highest BCUT2D eigenvalue weighted by atomic mass is 32.2. The van der Waals surface area contributed by atoms with E-state index < -0.39 is 0 Å². The first-order chi connectivity index (χ1) is 7.76. The summed E-state index contributed by atoms with van der Waals surface area (Å²) in [6.45, 7) is 3.34. The monoisotopic (exact) mass is 247 g/mol. The van der Waals surface area contributed by atoms with Crippen molar-refractivity contribution >= 4 is 11.8 Å². The summed E-state index contributed by atoms with van der Waals surface area (Å²) in [7, 11) is 0. The topological polar surface area (TPSA) is 41.5 Å². The SMILES string of the molecule is CSCCC(CO)NC(C)CC1CCCO1. The van der Waals surface area contributed by atoms with Crippen molar-refractivity contribution in [2.75, 3.05) is 25.2 Å². The van der Waals surface area contributed by atoms with Gasteiger partial charge in [0.2, 0.25) is 0 Å². The van der Waals surface area contributed by atoms with Gasteiger partial charge >= 0.3 is 0 Å². The molecule has 0 spiro atoms. The van der Waals surface area contributed by atoms with Crippen molar-refractivity contribution in [2.45, 2.75) is 50.8 Å². The van der Waals surface area contributed by atoms with E-state index in [1.807, 2.05) is 11.8 Å². The maximum Gasteiger partial charge on any atom is 0.0590 e. The summed E-state index contributed by atoms with van der Waals surface area (Å²) < 4.78 is 5.61. The van der Waals surface area contributed by atoms with Crippen LogP contribution in [0.1, 0.15) is 32.6 Å². The first-order valence-corrected chi connectivity index (χ1v) is 7.63. The molecular formula is C12H25NO2S. The number of hydrogen-bond acceptors (Lipinski definition) is 4. The molecule has 1 heterocycles. The summed E-state index contributed by atoms with van der Waals surface area (Å²) in [4.78, 5) is 0. The number of aliphatic hydroxyl groups excluding tert-OH is 1. The van der Waals surface area contributed by atoms with Crippen LogP contribution in [0.2, 0.25) is 0 Å². The van der Waals surface area contributed by atoms with Gasteiger partial charge in [0.05, 0.1) is 12.7 Å². The van der Waals surface area contributed by atoms with Crippen molar-refractivity contribution < 1.29 is 9.84 Å². The van der Waals surface area contributed by atoms with Gasteiger partial charge in [0.1, 0.15) is 0 Å². The summed E-state index contributed by atoms with van der Waals surface area (Å²) in [6, 6.07) is 0.672. The summed E-state index contributed by atoms with van der Waals surface area (Å²) >= 11 is 1.83. The predicted molar refractivity (Wildman–Crippen MR) is 70.1 cm³/mol. The predicted octanol–water partition coefficient (Wildman–Crippen LogP) is 1.65. The van der Waals surface area contributed by atoms with E-state index in [1.54, 1.807) is 0 Å². The molecule has 1 fully saturated rings. The van der Waals surface area contributed by atoms with Gasteiger partial charge in [-0.05, 0) is 44.6 Å². The smallest absolute Gasteiger partial charge is 0.0590 e. The van der Waals surface area contributed by atoms with Gasteiger partial charge < -0.3 is 15.2 Å². The second kappa shape index (κ2) is 8.34. The van der Waals surface area contributed by atoms with Crippen LogP contribution >= 0.6 is 11.8 Å². The van der Waals surface area contributed by atoms with E-state index in [1.165, 1.54) is 12.8 Å². The molecular weight excluding hydrogens is 222 g/mol. The summed E-state index contributed by atoms with van der Waals surface area (Å²) in [5.41, 5.74) is 0. The third-order valence-corrected chi connectivity index (χ3v) is 3.70. The number of nitrogens with one attached hydrogen (secondary N) is 1. The van der Waals surface area contributed by atoms with E-state index in [-0.39, 0.29) is 12.6 Å². The third kappa shape index (κ3) is 5.53. The zero-order chi connectivity index (χ0) is 11.8. The molecule has 1 aliphatic rings. The largest absolute Gasteiger partial charge is 0.395 e. The molecule has 0 aromatic rings. The van der Waals surface area contributed by atoms with Crippen molar-refractivity contribution in [3.8, 4) is 0 Å². The number of ether oxygens (including phenoxy) is 1. The Morgan fingerprint density at radius 2 is 2.38 bits per heavy atom. The molecule has 1 aliphatic heterocycles. The average Bonchev–Trinajstić information content (AvgIpc) is 2.76. The third-order valence-electron chi connectivity index (χ3n) is 3.05. The van der Waals surface area contributed by atoms with Crippen LogP contribution in [0, 0.1) is 0 Å². The Morgan fingerprint density at radius 3 is 2.94 bits per heavy atom. The molecule has 16 heavy (non-hydrogen) atoms. The highest BCUT2D eigenvalue weighted by Gasteiger charge is 2.19. The maximum atomic E-state index is 9.26. The Bertz CT molecular complexity index is 174. The lowest BCUT2D eigenvalue weighted by Crippen LogP contribution is -2.40. The van der Waals surface area contributed by atoms with E-state index in [9.17, 15) is 5.11 Å². The van der Waals surface area contributed by atoms with Gasteiger partial charge in [-0.3, -0.25) is 0 Å². The molecule has 3 unspecified atom stereocenters. The molecule has 0 aliphatic carbocycles. The van der Waals surface area contributed by atoms with Gasteiger partial charge in [-0.2, -0.15) is 11.8 Å². The van der Waals surface area contributed by atoms with E-state index >= 15 is 0 Å². The molecule has 0 aromatic carbocycles. The molecule has 1 saturated heterocycles. The molecule has 96 valence electrons. The fourth-order valence-electron chi connectivity index (χ4n) is 2.18. The van der Waals surface area contributed by atoms with E-state index in [0.29, 0.717) is 12.1 Å². The minimum Gasteiger partial charge on any atom is -0.395 e. The molecule has 2 N–H and O–H groups in total. The lowest BCUT2D eigenvalue weighted by Gasteiger charge is -2.23. The normalized spacial score (nSPS) is 24.6. The molecule has 3 atom stereocenters. The van der Waals surface area contributed by atoms with Gasteiger partial charge in [0.15, 0.2) is 0 Å². The van der Waals surface area contributed by atoms with Gasteiger partial charge in [-0.1, -0.05) is 0 Å². The molecule has 0 bridgehead atoms. The number of aliphatic hydroxyl groups is 1. The number of thioether (sulfide) groups is 1. The van der Waals surface area contributed by atoms with Crippen molar-refractivity contribution in [3.05, 3.63) is 0 Å². The van der Waals surface area contributed by atoms with Gasteiger partial charge in [-0.15, -0.1) is 0 Å². The van der Waals surface area contributed by atoms with Crippen LogP contribution in [-0.4, -0.2) is 48.5 Å². The first-order valence-electron chi connectivity index (χ1n) is 6.23. The number of rotatable bonds is 8. The van der Waals surface area contributed by atoms with Crippen LogP contribution in [0.3, 0.4) is 0 Å². The van der Waals surface area contributed by atoms with E-state index in [2.05, 4.69) is 18.5 Å². The average molecular weight is 247 g/mol. The van der Waals surface area contributed by atoms with Gasteiger partial charge in [-0.25, -0.2) is 0 Å². The number of hydrogen-bond donors (Lipinski definition) is 2. The van der Waals surface area contributed by atoms with Crippen LogP contribution in [0.4, 0.5) is 0 Å². The van der Waals surface area contributed by atoms with Gasteiger partial charge in [0.25, 0.3) is 0 Å². The zero-order valence-corrected chi connectivity index (χ0v) is 11.3. The minimum absolute atomic E-state index is 0.233. The Morgan fingerprint density at radius 1 is 1.56 bits per heavy atom. The van der Waals surface area contributed by atoms with Crippen molar-refractivity contribution in [2.24, 2.45) is 0 Å². The van der Waals surface area contributed by atoms with Crippen molar-refractivity contribution in [1.29, 1.82) is 0 Å². The molecule has 0 radical (unpaired) electrons. The van der Waals surface area contributed by atoms with Crippen molar-refractivity contribution in [3.63, 3.8) is 0 Å². The molecule has 1 rings (SSSR count). The first kappa shape index (κ1) is 14.3. The molecule has 0 saturated carbocycles. The minimum atomic E-state index is 0.233. The van der Waals surface area contributed by atoms with Crippen LogP contribution in [0.25, 0.3) is 0 Å². The maximum absolute atomic E-state index is 9.26. The van der Waals surface area contributed by atoms with E-state index in [0.717, 1.165) is 25.2 Å².